The number of aromatic nitrogens is 2. The average Bonchev–Trinajstić information content (AvgIpc) is 3.41. The van der Waals surface area contributed by atoms with Crippen LogP contribution in [0.1, 0.15) is 42.4 Å². The van der Waals surface area contributed by atoms with Gasteiger partial charge in [0.15, 0.2) is 16.3 Å². The molecule has 4 aromatic rings. The zero-order valence-corrected chi connectivity index (χ0v) is 24.5. The van der Waals surface area contributed by atoms with Gasteiger partial charge < -0.3 is 18.8 Å². The fourth-order valence-corrected chi connectivity index (χ4v) is 6.23. The van der Waals surface area contributed by atoms with Crippen LogP contribution in [0.2, 0.25) is 0 Å². The predicted octanol–water partition coefficient (Wildman–Crippen LogP) is 4.36. The molecule has 0 saturated heterocycles. The summed E-state index contributed by atoms with van der Waals surface area (Å²) in [6, 6.07) is 12.8. The Balaban J connectivity index is 1.70. The third-order valence-corrected chi connectivity index (χ3v) is 8.07. The molecule has 41 heavy (non-hydrogen) atoms. The molecular weight excluding hydrogens is 545 g/mol. The van der Waals surface area contributed by atoms with E-state index in [1.165, 1.54) is 35.1 Å². The van der Waals surface area contributed by atoms with Crippen molar-refractivity contribution in [2.24, 2.45) is 4.99 Å². The lowest BCUT2D eigenvalue weighted by atomic mass is 9.95. The SMILES string of the molecule is CCOC(=O)C1=C(C)N=c2s/c(=C/c3cc(C)n(-c4ccc(F)cc4)c3C)c(=O)n2[C@H]1c1ccc(OC)c(OC)c1. The Hall–Kier alpha value is -4.44. The molecule has 0 saturated carbocycles. The number of hydrogen-bond donors (Lipinski definition) is 0. The molecule has 0 N–H and O–H groups in total. The summed E-state index contributed by atoms with van der Waals surface area (Å²) in [7, 11) is 3.07. The minimum absolute atomic E-state index is 0.183. The number of rotatable bonds is 7. The summed E-state index contributed by atoms with van der Waals surface area (Å²) in [5, 5.41) is 0. The summed E-state index contributed by atoms with van der Waals surface area (Å²) < 4.78 is 33.8. The van der Waals surface area contributed by atoms with Crippen LogP contribution >= 0.6 is 11.3 Å². The Morgan fingerprint density at radius 1 is 1.05 bits per heavy atom. The van der Waals surface area contributed by atoms with Gasteiger partial charge in [-0.15, -0.1) is 0 Å². The number of esters is 1. The Bertz CT molecular complexity index is 1860. The molecule has 0 fully saturated rings. The normalized spacial score (nSPS) is 15.0. The lowest BCUT2D eigenvalue weighted by Gasteiger charge is -2.25. The summed E-state index contributed by atoms with van der Waals surface area (Å²) >= 11 is 1.25. The second-order valence-electron chi connectivity index (χ2n) is 9.55. The molecule has 1 aliphatic heterocycles. The second kappa shape index (κ2) is 11.2. The number of ether oxygens (including phenoxy) is 3. The van der Waals surface area contributed by atoms with Gasteiger partial charge in [-0.25, -0.2) is 14.2 Å². The smallest absolute Gasteiger partial charge is 0.338 e. The number of methoxy groups -OCH3 is 2. The van der Waals surface area contributed by atoms with Crippen molar-refractivity contribution < 1.29 is 23.4 Å². The third-order valence-electron chi connectivity index (χ3n) is 7.08. The van der Waals surface area contributed by atoms with Crippen LogP contribution in [0.3, 0.4) is 0 Å². The van der Waals surface area contributed by atoms with E-state index < -0.39 is 12.0 Å². The summed E-state index contributed by atoms with van der Waals surface area (Å²) in [6.45, 7) is 7.57. The highest BCUT2D eigenvalue weighted by molar-refractivity contribution is 7.07. The first kappa shape index (κ1) is 28.1. The number of allylic oxidation sites excluding steroid dienone is 1. The van der Waals surface area contributed by atoms with Crippen molar-refractivity contribution in [2.45, 2.75) is 33.7 Å². The number of fused-ring (bicyclic) bond motifs is 1. The zero-order chi connectivity index (χ0) is 29.4. The first-order valence-corrected chi connectivity index (χ1v) is 13.9. The van der Waals surface area contributed by atoms with E-state index in [1.807, 2.05) is 30.6 Å². The van der Waals surface area contributed by atoms with Crippen LogP contribution in [0.15, 0.2) is 69.6 Å². The number of halogens is 1. The maximum absolute atomic E-state index is 14.0. The standard InChI is InChI=1S/C31H30FN3O5S/c1-7-40-30(37)27-18(3)33-31-35(28(27)20-8-13-24(38-5)25(15-20)39-6)29(36)26(41-31)16-21-14-17(2)34(19(21)4)23-11-9-22(32)10-12-23/h8-16,28H,7H2,1-6H3/b26-16+/t28-/m0/s1. The molecule has 0 amide bonds. The molecule has 0 radical (unpaired) electrons. The van der Waals surface area contributed by atoms with Crippen LogP contribution in [0, 0.1) is 19.7 Å². The molecule has 1 atom stereocenters. The largest absolute Gasteiger partial charge is 0.493 e. The molecule has 1 aliphatic rings. The van der Waals surface area contributed by atoms with Crippen LogP contribution in [-0.2, 0) is 9.53 Å². The lowest BCUT2D eigenvalue weighted by Crippen LogP contribution is -2.40. The molecule has 2 aromatic carbocycles. The van der Waals surface area contributed by atoms with Crippen LogP contribution in [0.4, 0.5) is 4.39 Å². The lowest BCUT2D eigenvalue weighted by molar-refractivity contribution is -0.139. The highest BCUT2D eigenvalue weighted by Gasteiger charge is 2.34. The van der Waals surface area contributed by atoms with Gasteiger partial charge in [0.25, 0.3) is 5.56 Å². The van der Waals surface area contributed by atoms with Crippen LogP contribution in [-0.4, -0.2) is 35.9 Å². The monoisotopic (exact) mass is 575 g/mol. The Morgan fingerprint density at radius 3 is 2.41 bits per heavy atom. The van der Waals surface area contributed by atoms with Crippen LogP contribution in [0.25, 0.3) is 11.8 Å². The maximum Gasteiger partial charge on any atom is 0.338 e. The van der Waals surface area contributed by atoms with Crippen molar-refractivity contribution in [3.05, 3.63) is 108 Å². The molecule has 0 aliphatic carbocycles. The van der Waals surface area contributed by atoms with E-state index in [0.717, 1.165) is 22.6 Å². The summed E-state index contributed by atoms with van der Waals surface area (Å²) in [4.78, 5) is 32.3. The van der Waals surface area contributed by atoms with Crippen molar-refractivity contribution in [3.8, 4) is 17.2 Å². The fraction of sp³-hybridized carbons (Fsp3) is 0.258. The Kier molecular flexibility index (Phi) is 7.68. The van der Waals surface area contributed by atoms with Crippen molar-refractivity contribution in [2.75, 3.05) is 20.8 Å². The van der Waals surface area contributed by atoms with Gasteiger partial charge in [-0.3, -0.25) is 9.36 Å². The van der Waals surface area contributed by atoms with E-state index in [0.29, 0.717) is 32.1 Å². The Morgan fingerprint density at radius 2 is 1.76 bits per heavy atom. The summed E-state index contributed by atoms with van der Waals surface area (Å²) in [6.07, 6.45) is 1.83. The molecule has 0 bridgehead atoms. The molecule has 10 heteroatoms. The molecule has 3 heterocycles. The summed E-state index contributed by atoms with van der Waals surface area (Å²) in [5.74, 6) is 0.154. The first-order chi connectivity index (χ1) is 19.7. The molecule has 8 nitrogen and oxygen atoms in total. The van der Waals surface area contributed by atoms with Gasteiger partial charge in [-0.2, -0.15) is 0 Å². The number of nitrogens with zero attached hydrogens (tertiary/aromatic N) is 3. The first-order valence-electron chi connectivity index (χ1n) is 13.0. The van der Waals surface area contributed by atoms with Crippen LogP contribution < -0.4 is 24.4 Å². The number of carbonyl (C=O) groups excluding carboxylic acids is 1. The van der Waals surface area contributed by atoms with Gasteiger partial charge in [0, 0.05) is 17.1 Å². The summed E-state index contributed by atoms with van der Waals surface area (Å²) in [5.41, 5.74) is 4.65. The quantitative estimate of drug-likeness (QED) is 0.306. The van der Waals surface area contributed by atoms with Gasteiger partial charge in [-0.1, -0.05) is 17.4 Å². The van der Waals surface area contributed by atoms with Gasteiger partial charge in [-0.05, 0) is 87.4 Å². The van der Waals surface area contributed by atoms with Gasteiger partial charge in [0.05, 0.1) is 42.7 Å². The second-order valence-corrected chi connectivity index (χ2v) is 10.6. The number of aryl methyl sites for hydroxylation is 1. The maximum atomic E-state index is 14.0. The topological polar surface area (TPSA) is 84.1 Å². The molecular formula is C31H30FN3O5S. The number of thiazole rings is 1. The highest BCUT2D eigenvalue weighted by atomic mass is 32.1. The van der Waals surface area contributed by atoms with Crippen molar-refractivity contribution in [1.29, 1.82) is 0 Å². The minimum Gasteiger partial charge on any atom is -0.493 e. The zero-order valence-electron chi connectivity index (χ0n) is 23.6. The van der Waals surface area contributed by atoms with Gasteiger partial charge in [0.1, 0.15) is 5.82 Å². The van der Waals surface area contributed by atoms with E-state index in [9.17, 15) is 14.0 Å². The molecule has 5 rings (SSSR count). The van der Waals surface area contributed by atoms with E-state index in [2.05, 4.69) is 4.99 Å². The van der Waals surface area contributed by atoms with E-state index in [-0.39, 0.29) is 23.6 Å². The fourth-order valence-electron chi connectivity index (χ4n) is 5.19. The van der Waals surface area contributed by atoms with Gasteiger partial charge >= 0.3 is 5.97 Å². The van der Waals surface area contributed by atoms with Crippen molar-refractivity contribution in [3.63, 3.8) is 0 Å². The predicted molar refractivity (Wildman–Crippen MR) is 155 cm³/mol. The van der Waals surface area contributed by atoms with Crippen molar-refractivity contribution in [1.82, 2.24) is 9.13 Å². The molecule has 2 aromatic heterocycles. The Labute approximate surface area is 240 Å². The number of benzene rings is 2. The molecule has 212 valence electrons. The number of hydrogen-bond acceptors (Lipinski definition) is 7. The third kappa shape index (κ3) is 4.99. The van der Waals surface area contributed by atoms with Crippen LogP contribution in [0.5, 0.6) is 11.5 Å². The van der Waals surface area contributed by atoms with E-state index in [4.69, 9.17) is 14.2 Å². The minimum atomic E-state index is -0.779. The van der Waals surface area contributed by atoms with Crippen molar-refractivity contribution >= 4 is 23.4 Å². The van der Waals surface area contributed by atoms with E-state index in [1.54, 1.807) is 51.3 Å². The molecule has 0 unspecified atom stereocenters. The van der Waals surface area contributed by atoms with Gasteiger partial charge in [0.2, 0.25) is 0 Å². The molecule has 0 spiro atoms. The average molecular weight is 576 g/mol. The number of carbonyl (C=O) groups is 1. The highest BCUT2D eigenvalue weighted by Crippen LogP contribution is 2.36. The van der Waals surface area contributed by atoms with E-state index >= 15 is 0 Å².